The molecule has 0 aliphatic carbocycles. The Kier molecular flexibility index (Phi) is 7.23. The monoisotopic (exact) mass is 495 g/mol. The lowest BCUT2D eigenvalue weighted by molar-refractivity contribution is -0.118. The number of ether oxygens (including phenoxy) is 1. The van der Waals surface area contributed by atoms with Gasteiger partial charge < -0.3 is 10.1 Å². The van der Waals surface area contributed by atoms with Crippen LogP contribution < -0.4 is 10.1 Å². The number of nitrogens with one attached hydrogen (secondary N) is 1. The van der Waals surface area contributed by atoms with Gasteiger partial charge in [0, 0.05) is 17.3 Å². The normalized spacial score (nSPS) is 16.5. The largest absolute Gasteiger partial charge is 0.494 e. The topological polar surface area (TPSA) is 80.9 Å². The van der Waals surface area contributed by atoms with Gasteiger partial charge in [-0.2, -0.15) is 10.2 Å². The summed E-state index contributed by atoms with van der Waals surface area (Å²) in [6.07, 6.45) is 4.21. The first kappa shape index (κ1) is 23.6. The molecule has 1 atom stereocenters. The molecule has 1 aliphatic rings. The molecule has 0 spiro atoms. The van der Waals surface area contributed by atoms with Crippen molar-refractivity contribution in [2.45, 2.75) is 18.6 Å². The van der Waals surface area contributed by atoms with Gasteiger partial charge in [0.25, 0.3) is 0 Å². The van der Waals surface area contributed by atoms with Crippen LogP contribution in [0.5, 0.6) is 5.75 Å². The Labute approximate surface area is 213 Å². The number of carbonyl (C=O) groups excluding carboxylic acids is 1. The van der Waals surface area contributed by atoms with Gasteiger partial charge in [0.05, 0.1) is 23.8 Å². The molecule has 4 aromatic rings. The van der Waals surface area contributed by atoms with Crippen molar-refractivity contribution in [2.24, 2.45) is 10.2 Å². The summed E-state index contributed by atoms with van der Waals surface area (Å²) in [5.41, 5.74) is 4.64. The minimum atomic E-state index is -0.252. The van der Waals surface area contributed by atoms with E-state index in [9.17, 15) is 4.79 Å². The molecule has 0 radical (unpaired) electrons. The van der Waals surface area contributed by atoms with E-state index in [1.807, 2.05) is 103 Å². The maximum absolute atomic E-state index is 12.5. The van der Waals surface area contributed by atoms with Gasteiger partial charge in [0.2, 0.25) is 5.91 Å². The van der Waals surface area contributed by atoms with E-state index in [-0.39, 0.29) is 11.2 Å². The minimum absolute atomic E-state index is 0.0651. The Morgan fingerprint density at radius 3 is 2.47 bits per heavy atom. The molecular weight excluding hydrogens is 470 g/mol. The van der Waals surface area contributed by atoms with Crippen molar-refractivity contribution in [1.82, 2.24) is 15.1 Å². The van der Waals surface area contributed by atoms with Crippen molar-refractivity contribution in [3.8, 4) is 22.7 Å². The number of hydrogen-bond donors (Lipinski definition) is 1. The van der Waals surface area contributed by atoms with Crippen molar-refractivity contribution in [2.75, 3.05) is 6.61 Å². The molecule has 1 aromatic heterocycles. The molecule has 1 N–H and O–H groups in total. The zero-order chi connectivity index (χ0) is 24.7. The number of amides is 1. The Hall–Kier alpha value is -4.17. The average Bonchev–Trinajstić information content (AvgIpc) is 3.50. The van der Waals surface area contributed by atoms with E-state index in [0.717, 1.165) is 33.8 Å². The van der Waals surface area contributed by atoms with E-state index in [2.05, 4.69) is 15.5 Å². The number of aromatic nitrogens is 2. The van der Waals surface area contributed by atoms with Gasteiger partial charge in [0.15, 0.2) is 5.17 Å². The molecule has 2 heterocycles. The SMILES string of the molecule is CCOc1ccc(CC2S/C(=N/N=C/c3cn(-c4ccccc4)nc3-c3ccccc3)NC2=O)cc1. The second-order valence-corrected chi connectivity index (χ2v) is 9.30. The third kappa shape index (κ3) is 5.55. The lowest BCUT2D eigenvalue weighted by Gasteiger charge is -2.07. The van der Waals surface area contributed by atoms with E-state index >= 15 is 0 Å². The zero-order valence-corrected chi connectivity index (χ0v) is 20.6. The molecular formula is C28H25N5O2S. The number of rotatable bonds is 8. The zero-order valence-electron chi connectivity index (χ0n) is 19.7. The maximum Gasteiger partial charge on any atom is 0.239 e. The van der Waals surface area contributed by atoms with Gasteiger partial charge in [-0.1, -0.05) is 72.4 Å². The molecule has 1 unspecified atom stereocenters. The van der Waals surface area contributed by atoms with Crippen LogP contribution in [-0.4, -0.2) is 38.9 Å². The highest BCUT2D eigenvalue weighted by atomic mass is 32.2. The highest BCUT2D eigenvalue weighted by Gasteiger charge is 2.30. The predicted molar refractivity (Wildman–Crippen MR) is 145 cm³/mol. The van der Waals surface area contributed by atoms with E-state index in [1.165, 1.54) is 11.8 Å². The second-order valence-electron chi connectivity index (χ2n) is 8.11. The third-order valence-electron chi connectivity index (χ3n) is 5.59. The van der Waals surface area contributed by atoms with Crippen LogP contribution in [0.25, 0.3) is 16.9 Å². The van der Waals surface area contributed by atoms with Crippen LogP contribution in [0.15, 0.2) is 101 Å². The van der Waals surface area contributed by atoms with Gasteiger partial charge in [-0.05, 0) is 43.2 Å². The summed E-state index contributed by atoms with van der Waals surface area (Å²) in [6, 6.07) is 27.7. The Balaban J connectivity index is 1.32. The molecule has 1 aliphatic heterocycles. The van der Waals surface area contributed by atoms with Crippen LogP contribution in [0.4, 0.5) is 0 Å². The molecule has 8 heteroatoms. The van der Waals surface area contributed by atoms with Gasteiger partial charge >= 0.3 is 0 Å². The lowest BCUT2D eigenvalue weighted by atomic mass is 10.1. The fraction of sp³-hybridized carbons (Fsp3) is 0.143. The van der Waals surface area contributed by atoms with Gasteiger partial charge in [-0.3, -0.25) is 4.79 Å². The van der Waals surface area contributed by atoms with Gasteiger partial charge in [-0.25, -0.2) is 4.68 Å². The summed E-state index contributed by atoms with van der Waals surface area (Å²) in [5.74, 6) is 0.761. The van der Waals surface area contributed by atoms with Crippen molar-refractivity contribution in [1.29, 1.82) is 0 Å². The number of benzene rings is 3. The van der Waals surface area contributed by atoms with Crippen molar-refractivity contribution < 1.29 is 9.53 Å². The number of para-hydroxylation sites is 1. The highest BCUT2D eigenvalue weighted by Crippen LogP contribution is 2.25. The summed E-state index contributed by atoms with van der Waals surface area (Å²) < 4.78 is 7.32. The Morgan fingerprint density at radius 1 is 1.03 bits per heavy atom. The van der Waals surface area contributed by atoms with E-state index in [4.69, 9.17) is 9.84 Å². The summed E-state index contributed by atoms with van der Waals surface area (Å²) in [7, 11) is 0. The predicted octanol–water partition coefficient (Wildman–Crippen LogP) is 5.10. The maximum atomic E-state index is 12.5. The number of thioether (sulfide) groups is 1. The Bertz CT molecular complexity index is 1380. The van der Waals surface area contributed by atoms with E-state index in [1.54, 1.807) is 6.21 Å². The van der Waals surface area contributed by atoms with Crippen LogP contribution >= 0.6 is 11.8 Å². The number of nitrogens with zero attached hydrogens (tertiary/aromatic N) is 4. The third-order valence-corrected chi connectivity index (χ3v) is 6.66. The first-order valence-corrected chi connectivity index (χ1v) is 12.6. The first-order valence-electron chi connectivity index (χ1n) is 11.7. The fourth-order valence-corrected chi connectivity index (χ4v) is 4.81. The fourth-order valence-electron chi connectivity index (χ4n) is 3.85. The molecule has 0 saturated carbocycles. The Morgan fingerprint density at radius 2 is 1.75 bits per heavy atom. The first-order chi connectivity index (χ1) is 17.7. The second kappa shape index (κ2) is 11.0. The standard InChI is InChI=1S/C28H25N5O2S/c1-2-35-24-15-13-20(14-16-24)17-25-27(34)30-28(36-25)31-29-18-22-19-33(23-11-7-4-8-12-23)32-26(22)21-9-5-3-6-10-21/h3-16,18-19,25H,2,17H2,1H3,(H,30,31,34)/b29-18+. The molecule has 0 bridgehead atoms. The number of hydrogen-bond acceptors (Lipinski definition) is 6. The van der Waals surface area contributed by atoms with Gasteiger partial charge in [-0.15, -0.1) is 5.10 Å². The van der Waals surface area contributed by atoms with Crippen molar-refractivity contribution >= 4 is 29.1 Å². The van der Waals surface area contributed by atoms with Crippen molar-refractivity contribution in [3.05, 3.63) is 102 Å². The van der Waals surface area contributed by atoms with Crippen LogP contribution in [0.1, 0.15) is 18.1 Å². The number of amidine groups is 1. The molecule has 180 valence electrons. The summed E-state index contributed by atoms with van der Waals surface area (Å²) in [6.45, 7) is 2.58. The molecule has 36 heavy (non-hydrogen) atoms. The summed E-state index contributed by atoms with van der Waals surface area (Å²) >= 11 is 1.39. The molecule has 5 rings (SSSR count). The molecule has 1 fully saturated rings. The van der Waals surface area contributed by atoms with Crippen LogP contribution in [-0.2, 0) is 11.2 Å². The summed E-state index contributed by atoms with van der Waals surface area (Å²) in [4.78, 5) is 12.5. The van der Waals surface area contributed by atoms with Crippen molar-refractivity contribution in [3.63, 3.8) is 0 Å². The molecule has 7 nitrogen and oxygen atoms in total. The summed E-state index contributed by atoms with van der Waals surface area (Å²) in [5, 5.41) is 16.4. The number of carbonyl (C=O) groups is 1. The average molecular weight is 496 g/mol. The van der Waals surface area contributed by atoms with Crippen LogP contribution in [0.3, 0.4) is 0 Å². The highest BCUT2D eigenvalue weighted by molar-refractivity contribution is 8.15. The quantitative estimate of drug-likeness (QED) is 0.272. The minimum Gasteiger partial charge on any atom is -0.494 e. The molecule has 3 aromatic carbocycles. The van der Waals surface area contributed by atoms with E-state index in [0.29, 0.717) is 18.2 Å². The van der Waals surface area contributed by atoms with Crippen LogP contribution in [0.2, 0.25) is 0 Å². The molecule has 1 saturated heterocycles. The lowest BCUT2D eigenvalue weighted by Crippen LogP contribution is -2.25. The van der Waals surface area contributed by atoms with Gasteiger partial charge in [0.1, 0.15) is 11.4 Å². The van der Waals surface area contributed by atoms with E-state index < -0.39 is 0 Å². The smallest absolute Gasteiger partial charge is 0.239 e. The van der Waals surface area contributed by atoms with Crippen LogP contribution in [0, 0.1) is 0 Å². The molecule has 1 amide bonds.